The zero-order valence-corrected chi connectivity index (χ0v) is 14.1. The number of nitrogens with zero attached hydrogens (tertiary/aromatic N) is 3. The van der Waals surface area contributed by atoms with Gasteiger partial charge in [0.25, 0.3) is 0 Å². The molecule has 0 spiro atoms. The second kappa shape index (κ2) is 6.36. The third-order valence-corrected chi connectivity index (χ3v) is 3.80. The number of hydrogen-bond acceptors (Lipinski definition) is 5. The number of para-hydroxylation sites is 2. The minimum Gasteiger partial charge on any atom is -0.484 e. The minimum absolute atomic E-state index is 0.286. The van der Waals surface area contributed by atoms with Gasteiger partial charge in [-0.25, -0.2) is 15.0 Å². The van der Waals surface area contributed by atoms with Gasteiger partial charge in [-0.3, -0.25) is 0 Å². The maximum atomic E-state index is 5.76. The largest absolute Gasteiger partial charge is 0.484 e. The van der Waals surface area contributed by atoms with Gasteiger partial charge in [-0.1, -0.05) is 12.1 Å². The molecule has 0 aliphatic rings. The van der Waals surface area contributed by atoms with E-state index in [1.54, 1.807) is 0 Å². The van der Waals surface area contributed by atoms with Crippen LogP contribution < -0.4 is 4.74 Å². The van der Waals surface area contributed by atoms with Crippen LogP contribution in [0.25, 0.3) is 22.5 Å². The highest BCUT2D eigenvalue weighted by atomic mass is 16.5. The zero-order chi connectivity index (χ0) is 17.2. The Morgan fingerprint density at radius 3 is 2.32 bits per heavy atom. The van der Waals surface area contributed by atoms with E-state index in [1.165, 1.54) is 0 Å². The summed E-state index contributed by atoms with van der Waals surface area (Å²) in [6, 6.07) is 17.3. The monoisotopic (exact) mass is 331 g/mol. The highest BCUT2D eigenvalue weighted by Gasteiger charge is 2.07. The summed E-state index contributed by atoms with van der Waals surface area (Å²) in [5, 5.41) is 0. The number of aromatic nitrogens is 3. The highest BCUT2D eigenvalue weighted by Crippen LogP contribution is 2.21. The number of hydrogen-bond donors (Lipinski definition) is 0. The normalized spacial score (nSPS) is 11.0. The zero-order valence-electron chi connectivity index (χ0n) is 14.1. The van der Waals surface area contributed by atoms with E-state index in [0.717, 1.165) is 39.6 Å². The second-order valence-corrected chi connectivity index (χ2v) is 5.86. The first kappa shape index (κ1) is 15.3. The Morgan fingerprint density at radius 1 is 0.880 bits per heavy atom. The Morgan fingerprint density at radius 2 is 1.60 bits per heavy atom. The molecule has 5 heteroatoms. The van der Waals surface area contributed by atoms with Crippen LogP contribution in [0.1, 0.15) is 17.3 Å². The Kier molecular flexibility index (Phi) is 3.90. The van der Waals surface area contributed by atoms with Crippen molar-refractivity contribution in [1.82, 2.24) is 15.0 Å². The van der Waals surface area contributed by atoms with Gasteiger partial charge in [0.05, 0.1) is 0 Å². The summed E-state index contributed by atoms with van der Waals surface area (Å²) in [6.07, 6.45) is 0. The van der Waals surface area contributed by atoms with Crippen LogP contribution in [-0.2, 0) is 6.61 Å². The fraction of sp³-hybridized carbons (Fsp3) is 0.150. The molecule has 2 aromatic carbocycles. The van der Waals surface area contributed by atoms with Crippen molar-refractivity contribution in [3.63, 3.8) is 0 Å². The molecule has 2 aromatic heterocycles. The Bertz CT molecular complexity index is 969. The topological polar surface area (TPSA) is 61.0 Å². The molecule has 0 saturated carbocycles. The molecule has 0 N–H and O–H groups in total. The quantitative estimate of drug-likeness (QED) is 0.552. The third-order valence-electron chi connectivity index (χ3n) is 3.80. The molecule has 4 rings (SSSR count). The molecule has 0 fully saturated rings. The Balaban J connectivity index is 1.48. The number of benzene rings is 2. The lowest BCUT2D eigenvalue weighted by Gasteiger charge is -2.06. The van der Waals surface area contributed by atoms with Gasteiger partial charge in [0.1, 0.15) is 11.3 Å². The van der Waals surface area contributed by atoms with Crippen molar-refractivity contribution in [3.8, 4) is 17.1 Å². The van der Waals surface area contributed by atoms with Crippen molar-refractivity contribution in [2.24, 2.45) is 0 Å². The van der Waals surface area contributed by atoms with E-state index in [9.17, 15) is 0 Å². The lowest BCUT2D eigenvalue weighted by molar-refractivity contribution is 0.267. The van der Waals surface area contributed by atoms with E-state index >= 15 is 0 Å². The number of ether oxygens (including phenoxy) is 1. The number of rotatable bonds is 4. The molecular weight excluding hydrogens is 314 g/mol. The van der Waals surface area contributed by atoms with Crippen LogP contribution >= 0.6 is 0 Å². The van der Waals surface area contributed by atoms with E-state index < -0.39 is 0 Å². The van der Waals surface area contributed by atoms with Crippen molar-refractivity contribution >= 4 is 11.1 Å². The lowest BCUT2D eigenvalue weighted by atomic mass is 10.2. The molecule has 4 aromatic rings. The van der Waals surface area contributed by atoms with Crippen LogP contribution in [-0.4, -0.2) is 15.0 Å². The maximum absolute atomic E-state index is 5.76. The maximum Gasteiger partial charge on any atom is 0.233 e. The minimum atomic E-state index is 0.286. The molecule has 0 atom stereocenters. The van der Waals surface area contributed by atoms with Gasteiger partial charge in [-0.2, -0.15) is 0 Å². The van der Waals surface area contributed by atoms with Crippen molar-refractivity contribution in [1.29, 1.82) is 0 Å². The third kappa shape index (κ3) is 3.35. The van der Waals surface area contributed by atoms with Crippen LogP contribution in [0.2, 0.25) is 0 Å². The summed E-state index contributed by atoms with van der Waals surface area (Å²) >= 11 is 0. The van der Waals surface area contributed by atoms with E-state index in [0.29, 0.717) is 5.89 Å². The first-order valence-corrected chi connectivity index (χ1v) is 8.07. The SMILES string of the molecule is Cc1cc(C)nc(-c2ccc(OCc3nc4ccccc4o3)cc2)n1. The predicted molar refractivity (Wildman–Crippen MR) is 95.3 cm³/mol. The van der Waals surface area contributed by atoms with E-state index in [1.807, 2.05) is 68.4 Å². The molecular formula is C20H17N3O2. The second-order valence-electron chi connectivity index (χ2n) is 5.86. The fourth-order valence-electron chi connectivity index (χ4n) is 2.68. The number of fused-ring (bicyclic) bond motifs is 1. The lowest BCUT2D eigenvalue weighted by Crippen LogP contribution is -1.96. The van der Waals surface area contributed by atoms with E-state index in [2.05, 4.69) is 15.0 Å². The molecule has 0 radical (unpaired) electrons. The summed E-state index contributed by atoms with van der Waals surface area (Å²) in [5.41, 5.74) is 4.48. The summed E-state index contributed by atoms with van der Waals surface area (Å²) < 4.78 is 11.4. The number of aryl methyl sites for hydroxylation is 2. The molecule has 2 heterocycles. The molecule has 0 saturated heterocycles. The van der Waals surface area contributed by atoms with Crippen molar-refractivity contribution < 1.29 is 9.15 Å². The highest BCUT2D eigenvalue weighted by molar-refractivity contribution is 5.72. The molecule has 0 bridgehead atoms. The van der Waals surface area contributed by atoms with Crippen LogP contribution in [0.3, 0.4) is 0 Å². The van der Waals surface area contributed by atoms with Crippen LogP contribution in [0.15, 0.2) is 59.0 Å². The summed E-state index contributed by atoms with van der Waals surface area (Å²) in [4.78, 5) is 13.4. The molecule has 25 heavy (non-hydrogen) atoms. The van der Waals surface area contributed by atoms with Crippen molar-refractivity contribution in [3.05, 3.63) is 71.9 Å². The van der Waals surface area contributed by atoms with Gasteiger partial charge in [0.2, 0.25) is 5.89 Å². The van der Waals surface area contributed by atoms with E-state index in [-0.39, 0.29) is 6.61 Å². The first-order valence-electron chi connectivity index (χ1n) is 8.07. The summed E-state index contributed by atoms with van der Waals surface area (Å²) in [5.74, 6) is 2.03. The van der Waals surface area contributed by atoms with Crippen molar-refractivity contribution in [2.45, 2.75) is 20.5 Å². The van der Waals surface area contributed by atoms with E-state index in [4.69, 9.17) is 9.15 Å². The van der Waals surface area contributed by atoms with Gasteiger partial charge in [0, 0.05) is 17.0 Å². The van der Waals surface area contributed by atoms with Crippen LogP contribution in [0.5, 0.6) is 5.75 Å². The predicted octanol–water partition coefficient (Wildman–Crippen LogP) is 4.48. The average molecular weight is 331 g/mol. The Hall–Kier alpha value is -3.21. The van der Waals surface area contributed by atoms with Gasteiger partial charge in [-0.05, 0) is 56.3 Å². The van der Waals surface area contributed by atoms with Gasteiger partial charge in [0.15, 0.2) is 18.0 Å². The number of oxazole rings is 1. The smallest absolute Gasteiger partial charge is 0.233 e. The van der Waals surface area contributed by atoms with Gasteiger partial charge in [-0.15, -0.1) is 0 Å². The van der Waals surface area contributed by atoms with Crippen molar-refractivity contribution in [2.75, 3.05) is 0 Å². The van der Waals surface area contributed by atoms with Gasteiger partial charge >= 0.3 is 0 Å². The molecule has 0 unspecified atom stereocenters. The molecule has 0 aliphatic carbocycles. The first-order chi connectivity index (χ1) is 12.2. The fourth-order valence-corrected chi connectivity index (χ4v) is 2.68. The van der Waals surface area contributed by atoms with Crippen LogP contribution in [0, 0.1) is 13.8 Å². The van der Waals surface area contributed by atoms with Crippen LogP contribution in [0.4, 0.5) is 0 Å². The molecule has 5 nitrogen and oxygen atoms in total. The average Bonchev–Trinajstić information content (AvgIpc) is 3.02. The molecule has 124 valence electrons. The summed E-state index contributed by atoms with van der Waals surface area (Å²) in [7, 11) is 0. The van der Waals surface area contributed by atoms with Gasteiger partial charge < -0.3 is 9.15 Å². The standard InChI is InChI=1S/C20H17N3O2/c1-13-11-14(2)22-20(21-13)15-7-9-16(10-8-15)24-12-19-23-17-5-3-4-6-18(17)25-19/h3-11H,12H2,1-2H3. The Labute approximate surface area is 145 Å². The molecule has 0 amide bonds. The molecule has 0 aliphatic heterocycles. The summed E-state index contributed by atoms with van der Waals surface area (Å²) in [6.45, 7) is 4.22.